The monoisotopic (exact) mass is 188 g/mol. The molecule has 1 atom stereocenters. The number of allylic oxidation sites excluding steroid dienone is 1. The summed E-state index contributed by atoms with van der Waals surface area (Å²) in [6.07, 6.45) is 5.42. The highest BCUT2D eigenvalue weighted by atomic mass is 16.3. The molecule has 2 rings (SSSR count). The van der Waals surface area contributed by atoms with Crippen LogP contribution in [0.4, 0.5) is 0 Å². The highest BCUT2D eigenvalue weighted by Crippen LogP contribution is 2.39. The Bertz CT molecular complexity index is 343. The first kappa shape index (κ1) is 9.47. The third-order valence-corrected chi connectivity index (χ3v) is 3.09. The van der Waals surface area contributed by atoms with Crippen LogP contribution in [0.1, 0.15) is 30.4 Å². The van der Waals surface area contributed by atoms with Gasteiger partial charge in [-0.15, -0.1) is 6.58 Å². The molecular weight excluding hydrogens is 172 g/mol. The Morgan fingerprint density at radius 2 is 2.21 bits per heavy atom. The molecule has 0 radical (unpaired) electrons. The summed E-state index contributed by atoms with van der Waals surface area (Å²) >= 11 is 0. The number of benzene rings is 1. The minimum Gasteiger partial charge on any atom is -0.385 e. The molecule has 0 fully saturated rings. The number of aliphatic hydroxyl groups is 1. The summed E-state index contributed by atoms with van der Waals surface area (Å²) in [6.45, 7) is 3.70. The fourth-order valence-corrected chi connectivity index (χ4v) is 2.27. The molecule has 0 amide bonds. The van der Waals surface area contributed by atoms with Gasteiger partial charge < -0.3 is 5.11 Å². The summed E-state index contributed by atoms with van der Waals surface area (Å²) in [5.41, 5.74) is 1.84. The van der Waals surface area contributed by atoms with E-state index in [1.54, 1.807) is 0 Å². The van der Waals surface area contributed by atoms with E-state index < -0.39 is 5.60 Å². The molecule has 1 N–H and O–H groups in total. The standard InChI is InChI=1S/C13H16O/c1-2-3-9-13(14)10-8-11-6-4-5-7-12(11)13/h2,4-7,14H,1,3,8-10H2. The zero-order valence-electron chi connectivity index (χ0n) is 8.37. The summed E-state index contributed by atoms with van der Waals surface area (Å²) in [7, 11) is 0. The predicted molar refractivity (Wildman–Crippen MR) is 58.1 cm³/mol. The van der Waals surface area contributed by atoms with Crippen molar-refractivity contribution < 1.29 is 5.11 Å². The van der Waals surface area contributed by atoms with E-state index in [1.165, 1.54) is 5.56 Å². The Hall–Kier alpha value is -1.08. The highest BCUT2D eigenvalue weighted by molar-refractivity contribution is 5.36. The van der Waals surface area contributed by atoms with Crippen LogP contribution in [0, 0.1) is 0 Å². The minimum atomic E-state index is -0.592. The lowest BCUT2D eigenvalue weighted by atomic mass is 9.91. The van der Waals surface area contributed by atoms with Crippen molar-refractivity contribution in [2.24, 2.45) is 0 Å². The van der Waals surface area contributed by atoms with Gasteiger partial charge in [-0.3, -0.25) is 0 Å². The molecule has 0 aliphatic heterocycles. The van der Waals surface area contributed by atoms with Crippen LogP contribution < -0.4 is 0 Å². The summed E-state index contributed by atoms with van der Waals surface area (Å²) in [6, 6.07) is 8.20. The molecule has 1 heteroatoms. The van der Waals surface area contributed by atoms with E-state index in [0.29, 0.717) is 0 Å². The smallest absolute Gasteiger partial charge is 0.0905 e. The van der Waals surface area contributed by atoms with Gasteiger partial charge in [-0.1, -0.05) is 30.3 Å². The van der Waals surface area contributed by atoms with Gasteiger partial charge in [-0.05, 0) is 36.8 Å². The first-order chi connectivity index (χ1) is 6.76. The van der Waals surface area contributed by atoms with Crippen molar-refractivity contribution in [2.45, 2.75) is 31.3 Å². The predicted octanol–water partition coefficient (Wildman–Crippen LogP) is 2.79. The van der Waals surface area contributed by atoms with Crippen LogP contribution in [0.5, 0.6) is 0 Å². The van der Waals surface area contributed by atoms with Crippen LogP contribution in [-0.4, -0.2) is 5.11 Å². The normalized spacial score (nSPS) is 24.6. The second-order valence-corrected chi connectivity index (χ2v) is 4.02. The molecule has 1 aromatic carbocycles. The molecule has 0 saturated heterocycles. The van der Waals surface area contributed by atoms with Crippen molar-refractivity contribution in [1.29, 1.82) is 0 Å². The third-order valence-electron chi connectivity index (χ3n) is 3.09. The van der Waals surface area contributed by atoms with Crippen LogP contribution in [-0.2, 0) is 12.0 Å². The lowest BCUT2D eigenvalue weighted by molar-refractivity contribution is 0.0305. The molecular formula is C13H16O. The SMILES string of the molecule is C=CCCC1(O)CCc2ccccc21. The average Bonchev–Trinajstić information content (AvgIpc) is 2.55. The van der Waals surface area contributed by atoms with Crippen LogP contribution >= 0.6 is 0 Å². The molecule has 1 unspecified atom stereocenters. The summed E-state index contributed by atoms with van der Waals surface area (Å²) in [5, 5.41) is 10.4. The lowest BCUT2D eigenvalue weighted by Gasteiger charge is -2.23. The lowest BCUT2D eigenvalue weighted by Crippen LogP contribution is -2.21. The fourth-order valence-electron chi connectivity index (χ4n) is 2.27. The summed E-state index contributed by atoms with van der Waals surface area (Å²) in [4.78, 5) is 0. The van der Waals surface area contributed by atoms with E-state index in [-0.39, 0.29) is 0 Å². The Morgan fingerprint density at radius 3 is 3.00 bits per heavy atom. The van der Waals surface area contributed by atoms with E-state index in [2.05, 4.69) is 12.6 Å². The van der Waals surface area contributed by atoms with Gasteiger partial charge in [0.2, 0.25) is 0 Å². The zero-order chi connectivity index (χ0) is 10.0. The summed E-state index contributed by atoms with van der Waals surface area (Å²) < 4.78 is 0. The number of rotatable bonds is 3. The second kappa shape index (κ2) is 3.58. The van der Waals surface area contributed by atoms with E-state index in [0.717, 1.165) is 31.2 Å². The Kier molecular flexibility index (Phi) is 2.42. The number of aryl methyl sites for hydroxylation is 1. The summed E-state index contributed by atoms with van der Waals surface area (Å²) in [5.74, 6) is 0. The molecule has 1 aliphatic carbocycles. The van der Waals surface area contributed by atoms with Crippen molar-refractivity contribution in [3.63, 3.8) is 0 Å². The topological polar surface area (TPSA) is 20.2 Å². The fraction of sp³-hybridized carbons (Fsp3) is 0.385. The first-order valence-corrected chi connectivity index (χ1v) is 5.18. The van der Waals surface area contributed by atoms with Crippen molar-refractivity contribution in [3.05, 3.63) is 48.0 Å². The van der Waals surface area contributed by atoms with Crippen LogP contribution in [0.3, 0.4) is 0 Å². The Morgan fingerprint density at radius 1 is 1.43 bits per heavy atom. The average molecular weight is 188 g/mol. The number of hydrogen-bond donors (Lipinski definition) is 1. The molecule has 0 spiro atoms. The molecule has 0 bridgehead atoms. The van der Waals surface area contributed by atoms with Crippen LogP contribution in [0.2, 0.25) is 0 Å². The van der Waals surface area contributed by atoms with Crippen molar-refractivity contribution in [2.75, 3.05) is 0 Å². The van der Waals surface area contributed by atoms with Gasteiger partial charge in [0.25, 0.3) is 0 Å². The zero-order valence-corrected chi connectivity index (χ0v) is 8.37. The van der Waals surface area contributed by atoms with Crippen molar-refractivity contribution in [1.82, 2.24) is 0 Å². The molecule has 1 nitrogen and oxygen atoms in total. The maximum absolute atomic E-state index is 10.4. The minimum absolute atomic E-state index is 0.592. The van der Waals surface area contributed by atoms with Gasteiger partial charge in [-0.25, -0.2) is 0 Å². The van der Waals surface area contributed by atoms with Crippen LogP contribution in [0.15, 0.2) is 36.9 Å². The van der Waals surface area contributed by atoms with Crippen LogP contribution in [0.25, 0.3) is 0 Å². The van der Waals surface area contributed by atoms with Gasteiger partial charge >= 0.3 is 0 Å². The highest BCUT2D eigenvalue weighted by Gasteiger charge is 2.35. The maximum Gasteiger partial charge on any atom is 0.0905 e. The molecule has 14 heavy (non-hydrogen) atoms. The maximum atomic E-state index is 10.4. The second-order valence-electron chi connectivity index (χ2n) is 4.02. The Labute approximate surface area is 85.1 Å². The van der Waals surface area contributed by atoms with Gasteiger partial charge in [0, 0.05) is 0 Å². The third kappa shape index (κ3) is 1.48. The molecule has 0 aromatic heterocycles. The van der Waals surface area contributed by atoms with E-state index in [4.69, 9.17) is 0 Å². The Balaban J connectivity index is 2.27. The first-order valence-electron chi connectivity index (χ1n) is 5.18. The van der Waals surface area contributed by atoms with Crippen molar-refractivity contribution in [3.8, 4) is 0 Å². The number of fused-ring (bicyclic) bond motifs is 1. The molecule has 1 aliphatic rings. The quantitative estimate of drug-likeness (QED) is 0.723. The molecule has 0 saturated carbocycles. The van der Waals surface area contributed by atoms with E-state index in [1.807, 2.05) is 24.3 Å². The molecule has 0 heterocycles. The van der Waals surface area contributed by atoms with E-state index in [9.17, 15) is 5.11 Å². The van der Waals surface area contributed by atoms with Gasteiger partial charge in [0.15, 0.2) is 0 Å². The largest absolute Gasteiger partial charge is 0.385 e. The van der Waals surface area contributed by atoms with Gasteiger partial charge in [-0.2, -0.15) is 0 Å². The molecule has 1 aromatic rings. The number of hydrogen-bond acceptors (Lipinski definition) is 1. The van der Waals surface area contributed by atoms with Crippen molar-refractivity contribution >= 4 is 0 Å². The molecule has 74 valence electrons. The van der Waals surface area contributed by atoms with Gasteiger partial charge in [0.05, 0.1) is 5.60 Å². The van der Waals surface area contributed by atoms with E-state index >= 15 is 0 Å². The van der Waals surface area contributed by atoms with Gasteiger partial charge in [0.1, 0.15) is 0 Å².